The number of guanidine groups is 1. The van der Waals surface area contributed by atoms with Gasteiger partial charge in [0, 0.05) is 20.2 Å². The number of imidazole rings is 1. The van der Waals surface area contributed by atoms with E-state index in [0.717, 1.165) is 23.3 Å². The highest BCUT2D eigenvalue weighted by atomic mass is 127. The molecule has 0 spiro atoms. The van der Waals surface area contributed by atoms with E-state index in [4.69, 9.17) is 4.74 Å². The third-order valence-electron chi connectivity index (χ3n) is 4.57. The van der Waals surface area contributed by atoms with E-state index >= 15 is 0 Å². The number of aryl methyl sites for hydroxylation is 1. The predicted octanol–water partition coefficient (Wildman–Crippen LogP) is 3.85. The molecule has 2 aromatic carbocycles. The normalized spacial score (nSPS) is 12.3. The highest BCUT2D eigenvalue weighted by Gasteiger charge is 2.11. The van der Waals surface area contributed by atoms with E-state index in [1.165, 1.54) is 12.1 Å². The number of nitrogens with zero attached hydrogens (tertiary/aromatic N) is 3. The number of aliphatic imine (C=N–C) groups is 1. The number of benzene rings is 2. The van der Waals surface area contributed by atoms with Gasteiger partial charge in [0.1, 0.15) is 23.5 Å². The monoisotopic (exact) mass is 511 g/mol. The number of aromatic nitrogens is 2. The van der Waals surface area contributed by atoms with Gasteiger partial charge >= 0.3 is 0 Å². The number of halogens is 2. The summed E-state index contributed by atoms with van der Waals surface area (Å²) in [6.45, 7) is 3.13. The summed E-state index contributed by atoms with van der Waals surface area (Å²) in [6.07, 6.45) is 0.682. The first-order chi connectivity index (χ1) is 13.6. The number of para-hydroxylation sites is 2. The van der Waals surface area contributed by atoms with Crippen molar-refractivity contribution in [2.24, 2.45) is 12.0 Å². The SMILES string of the molecule is CCC(CNC(=NC)NCc1nc2ccccc2n1C)Oc1cccc(F)c1.I. The summed E-state index contributed by atoms with van der Waals surface area (Å²) >= 11 is 0. The van der Waals surface area contributed by atoms with Crippen LogP contribution in [0, 0.1) is 5.82 Å². The topological polar surface area (TPSA) is 63.5 Å². The molecule has 0 aliphatic heterocycles. The van der Waals surface area contributed by atoms with Crippen LogP contribution in [0.15, 0.2) is 53.5 Å². The van der Waals surface area contributed by atoms with Crippen molar-refractivity contribution in [3.05, 3.63) is 60.2 Å². The molecule has 29 heavy (non-hydrogen) atoms. The van der Waals surface area contributed by atoms with Crippen molar-refractivity contribution in [2.75, 3.05) is 13.6 Å². The largest absolute Gasteiger partial charge is 0.489 e. The van der Waals surface area contributed by atoms with Gasteiger partial charge in [0.15, 0.2) is 5.96 Å². The Morgan fingerprint density at radius 1 is 1.21 bits per heavy atom. The maximum Gasteiger partial charge on any atom is 0.191 e. The molecule has 3 rings (SSSR count). The lowest BCUT2D eigenvalue weighted by molar-refractivity contribution is 0.198. The van der Waals surface area contributed by atoms with Crippen LogP contribution in [0.5, 0.6) is 5.75 Å². The molecule has 0 radical (unpaired) electrons. The second-order valence-corrected chi connectivity index (χ2v) is 6.49. The zero-order valence-electron chi connectivity index (χ0n) is 16.9. The van der Waals surface area contributed by atoms with Crippen LogP contribution in [0.25, 0.3) is 11.0 Å². The van der Waals surface area contributed by atoms with Crippen LogP contribution in [-0.4, -0.2) is 35.2 Å². The second kappa shape index (κ2) is 11.0. The molecular weight excluding hydrogens is 484 g/mol. The molecule has 0 aliphatic carbocycles. The molecule has 0 bridgehead atoms. The molecule has 0 amide bonds. The third-order valence-corrected chi connectivity index (χ3v) is 4.57. The van der Waals surface area contributed by atoms with Crippen LogP contribution < -0.4 is 15.4 Å². The summed E-state index contributed by atoms with van der Waals surface area (Å²) in [5.74, 6) is 1.80. The van der Waals surface area contributed by atoms with Crippen molar-refractivity contribution in [1.29, 1.82) is 0 Å². The van der Waals surface area contributed by atoms with Crippen LogP contribution in [0.3, 0.4) is 0 Å². The molecule has 1 atom stereocenters. The zero-order chi connectivity index (χ0) is 19.9. The molecule has 0 aliphatic rings. The standard InChI is InChI=1S/C21H26FN5O.HI/c1-4-16(28-17-9-7-8-15(22)12-17)13-24-21(23-2)25-14-20-26-18-10-5-6-11-19(18)27(20)3;/h5-12,16H,4,13-14H2,1-3H3,(H2,23,24,25);1H. The minimum Gasteiger partial charge on any atom is -0.489 e. The zero-order valence-corrected chi connectivity index (χ0v) is 19.2. The summed E-state index contributed by atoms with van der Waals surface area (Å²) < 4.78 is 21.3. The Bertz CT molecular complexity index is 959. The first-order valence-electron chi connectivity index (χ1n) is 9.37. The minimum absolute atomic E-state index is 0. The number of nitrogens with one attached hydrogen (secondary N) is 2. The highest BCUT2D eigenvalue weighted by molar-refractivity contribution is 14.0. The molecule has 2 N–H and O–H groups in total. The minimum atomic E-state index is -0.305. The Morgan fingerprint density at radius 3 is 2.69 bits per heavy atom. The molecule has 0 saturated heterocycles. The van der Waals surface area contributed by atoms with Crippen LogP contribution in [0.4, 0.5) is 4.39 Å². The average Bonchev–Trinajstić information content (AvgIpc) is 3.03. The van der Waals surface area contributed by atoms with E-state index in [0.29, 0.717) is 24.8 Å². The van der Waals surface area contributed by atoms with E-state index in [1.54, 1.807) is 19.2 Å². The Morgan fingerprint density at radius 2 is 2.00 bits per heavy atom. The fraction of sp³-hybridized carbons (Fsp3) is 0.333. The van der Waals surface area contributed by atoms with Crippen LogP contribution in [0.1, 0.15) is 19.2 Å². The molecule has 8 heteroatoms. The van der Waals surface area contributed by atoms with Crippen molar-refractivity contribution >= 4 is 41.0 Å². The summed E-state index contributed by atoms with van der Waals surface area (Å²) in [5, 5.41) is 6.54. The average molecular weight is 511 g/mol. The lowest BCUT2D eigenvalue weighted by Crippen LogP contribution is -2.42. The molecule has 0 saturated carbocycles. The second-order valence-electron chi connectivity index (χ2n) is 6.49. The van der Waals surface area contributed by atoms with Crippen molar-refractivity contribution in [3.8, 4) is 5.75 Å². The van der Waals surface area contributed by atoms with Gasteiger partial charge in [0.2, 0.25) is 0 Å². The summed E-state index contributed by atoms with van der Waals surface area (Å²) in [6, 6.07) is 14.2. The molecular formula is C21H27FIN5O. The Hall–Kier alpha value is -2.36. The van der Waals surface area contributed by atoms with Gasteiger partial charge in [-0.2, -0.15) is 0 Å². The van der Waals surface area contributed by atoms with Crippen molar-refractivity contribution in [2.45, 2.75) is 26.0 Å². The number of hydrogen-bond donors (Lipinski definition) is 2. The summed E-state index contributed by atoms with van der Waals surface area (Å²) in [7, 11) is 3.72. The molecule has 6 nitrogen and oxygen atoms in total. The predicted molar refractivity (Wildman–Crippen MR) is 125 cm³/mol. The van der Waals surface area contributed by atoms with E-state index in [-0.39, 0.29) is 35.9 Å². The fourth-order valence-electron chi connectivity index (χ4n) is 2.95. The van der Waals surface area contributed by atoms with Gasteiger partial charge in [0.25, 0.3) is 0 Å². The summed E-state index contributed by atoms with van der Waals surface area (Å²) in [5.41, 5.74) is 2.07. The van der Waals surface area contributed by atoms with Gasteiger partial charge in [-0.25, -0.2) is 9.37 Å². The number of ether oxygens (including phenoxy) is 1. The van der Waals surface area contributed by atoms with Crippen molar-refractivity contribution in [1.82, 2.24) is 20.2 Å². The number of fused-ring (bicyclic) bond motifs is 1. The number of rotatable bonds is 7. The van der Waals surface area contributed by atoms with Gasteiger partial charge in [-0.1, -0.05) is 25.1 Å². The van der Waals surface area contributed by atoms with E-state index in [2.05, 4.69) is 31.2 Å². The molecule has 0 fully saturated rings. The van der Waals surface area contributed by atoms with E-state index in [1.807, 2.05) is 32.2 Å². The Kier molecular flexibility index (Phi) is 8.69. The maximum absolute atomic E-state index is 13.3. The first kappa shape index (κ1) is 22.9. The van der Waals surface area contributed by atoms with Gasteiger partial charge < -0.3 is 19.9 Å². The van der Waals surface area contributed by atoms with E-state index in [9.17, 15) is 4.39 Å². The Balaban J connectivity index is 0.00000300. The van der Waals surface area contributed by atoms with Gasteiger partial charge in [-0.3, -0.25) is 4.99 Å². The molecule has 3 aromatic rings. The third kappa shape index (κ3) is 6.06. The lowest BCUT2D eigenvalue weighted by Gasteiger charge is -2.20. The van der Waals surface area contributed by atoms with Gasteiger partial charge in [0.05, 0.1) is 24.1 Å². The van der Waals surface area contributed by atoms with Crippen LogP contribution in [-0.2, 0) is 13.6 Å². The molecule has 1 unspecified atom stereocenters. The van der Waals surface area contributed by atoms with E-state index < -0.39 is 0 Å². The van der Waals surface area contributed by atoms with Crippen molar-refractivity contribution in [3.63, 3.8) is 0 Å². The van der Waals surface area contributed by atoms with Crippen molar-refractivity contribution < 1.29 is 9.13 Å². The van der Waals surface area contributed by atoms with Gasteiger partial charge in [-0.15, -0.1) is 24.0 Å². The highest BCUT2D eigenvalue weighted by Crippen LogP contribution is 2.15. The van der Waals surface area contributed by atoms with Crippen LogP contribution >= 0.6 is 24.0 Å². The first-order valence-corrected chi connectivity index (χ1v) is 9.37. The fourth-order valence-corrected chi connectivity index (χ4v) is 2.95. The smallest absolute Gasteiger partial charge is 0.191 e. The molecule has 156 valence electrons. The maximum atomic E-state index is 13.3. The lowest BCUT2D eigenvalue weighted by atomic mass is 10.2. The molecule has 1 heterocycles. The van der Waals surface area contributed by atoms with Gasteiger partial charge in [-0.05, 0) is 30.7 Å². The number of hydrogen-bond acceptors (Lipinski definition) is 3. The van der Waals surface area contributed by atoms with Crippen LogP contribution in [0.2, 0.25) is 0 Å². The summed E-state index contributed by atoms with van der Waals surface area (Å²) in [4.78, 5) is 8.91. The quantitative estimate of drug-likeness (QED) is 0.288. The Labute approximate surface area is 187 Å². The molecule has 1 aromatic heterocycles.